The first kappa shape index (κ1) is 12.4. The van der Waals surface area contributed by atoms with Crippen molar-refractivity contribution in [2.45, 2.75) is 31.7 Å². The molecule has 1 aliphatic rings. The third-order valence-corrected chi connectivity index (χ3v) is 3.72. The van der Waals surface area contributed by atoms with E-state index in [0.29, 0.717) is 18.2 Å². The highest BCUT2D eigenvalue weighted by molar-refractivity contribution is 6.32. The van der Waals surface area contributed by atoms with Crippen molar-refractivity contribution < 1.29 is 0 Å². The van der Waals surface area contributed by atoms with Crippen molar-refractivity contribution in [2.24, 2.45) is 11.7 Å². The molecule has 94 valence electrons. The van der Waals surface area contributed by atoms with Crippen molar-refractivity contribution in [3.63, 3.8) is 0 Å². The van der Waals surface area contributed by atoms with Crippen molar-refractivity contribution in [1.82, 2.24) is 10.2 Å². The highest BCUT2D eigenvalue weighted by Gasteiger charge is 2.24. The van der Waals surface area contributed by atoms with E-state index in [4.69, 9.17) is 17.3 Å². The average Bonchev–Trinajstić information content (AvgIpc) is 2.35. The summed E-state index contributed by atoms with van der Waals surface area (Å²) in [5.74, 6) is 0.444. The number of anilines is 1. The first-order chi connectivity index (χ1) is 8.22. The van der Waals surface area contributed by atoms with E-state index in [2.05, 4.69) is 15.5 Å². The molecule has 1 aromatic heterocycles. The summed E-state index contributed by atoms with van der Waals surface area (Å²) in [5.41, 5.74) is 5.99. The summed E-state index contributed by atoms with van der Waals surface area (Å²) < 4.78 is 0. The van der Waals surface area contributed by atoms with Gasteiger partial charge in [-0.1, -0.05) is 24.4 Å². The second kappa shape index (κ2) is 5.51. The van der Waals surface area contributed by atoms with E-state index < -0.39 is 0 Å². The molecule has 1 fully saturated rings. The Morgan fingerprint density at radius 3 is 3.06 bits per heavy atom. The van der Waals surface area contributed by atoms with Crippen molar-refractivity contribution in [3.8, 4) is 0 Å². The number of aromatic nitrogens is 2. The highest BCUT2D eigenvalue weighted by Crippen LogP contribution is 2.27. The van der Waals surface area contributed by atoms with Gasteiger partial charge in [0.05, 0.1) is 11.9 Å². The maximum absolute atomic E-state index is 11.3. The summed E-state index contributed by atoms with van der Waals surface area (Å²) in [6.45, 7) is 0.659. The zero-order valence-corrected chi connectivity index (χ0v) is 10.3. The van der Waals surface area contributed by atoms with Crippen LogP contribution in [0.2, 0.25) is 5.02 Å². The van der Waals surface area contributed by atoms with E-state index in [9.17, 15) is 4.79 Å². The fourth-order valence-electron chi connectivity index (χ4n) is 2.36. The molecule has 0 saturated heterocycles. The predicted molar refractivity (Wildman–Crippen MR) is 68.3 cm³/mol. The molecule has 0 bridgehead atoms. The van der Waals surface area contributed by atoms with Crippen LogP contribution in [-0.4, -0.2) is 22.8 Å². The standard InChI is InChI=1S/C11H17ClN4O/c12-10-9(6-14-16-11(10)17)15-8-4-2-1-3-7(8)5-13/h6-8H,1-5,13H2,(H2,15,16,17). The van der Waals surface area contributed by atoms with Crippen LogP contribution < -0.4 is 16.6 Å². The van der Waals surface area contributed by atoms with Gasteiger partial charge in [-0.2, -0.15) is 5.10 Å². The number of rotatable bonds is 3. The number of nitrogens with one attached hydrogen (secondary N) is 2. The summed E-state index contributed by atoms with van der Waals surface area (Å²) in [6, 6.07) is 0.287. The van der Waals surface area contributed by atoms with Gasteiger partial charge in [-0.3, -0.25) is 4.79 Å². The number of halogens is 1. The van der Waals surface area contributed by atoms with Crippen molar-refractivity contribution in [1.29, 1.82) is 0 Å². The number of hydrogen-bond donors (Lipinski definition) is 3. The maximum Gasteiger partial charge on any atom is 0.285 e. The van der Waals surface area contributed by atoms with Crippen LogP contribution in [0.4, 0.5) is 5.69 Å². The minimum Gasteiger partial charge on any atom is -0.379 e. The Hall–Kier alpha value is -1.07. The smallest absolute Gasteiger partial charge is 0.285 e. The molecule has 17 heavy (non-hydrogen) atoms. The molecule has 0 amide bonds. The van der Waals surface area contributed by atoms with Crippen LogP contribution in [0.25, 0.3) is 0 Å². The lowest BCUT2D eigenvalue weighted by Gasteiger charge is -2.32. The molecule has 1 heterocycles. The lowest BCUT2D eigenvalue weighted by molar-refractivity contribution is 0.332. The Kier molecular flexibility index (Phi) is 4.02. The van der Waals surface area contributed by atoms with Gasteiger partial charge in [-0.05, 0) is 25.3 Å². The van der Waals surface area contributed by atoms with Gasteiger partial charge in [0.25, 0.3) is 5.56 Å². The second-order valence-electron chi connectivity index (χ2n) is 4.46. The quantitative estimate of drug-likeness (QED) is 0.762. The predicted octanol–water partition coefficient (Wildman–Crippen LogP) is 1.35. The Labute approximate surface area is 105 Å². The van der Waals surface area contributed by atoms with Crippen LogP contribution in [0.5, 0.6) is 0 Å². The largest absolute Gasteiger partial charge is 0.379 e. The maximum atomic E-state index is 11.3. The summed E-state index contributed by atoms with van der Waals surface area (Å²) in [6.07, 6.45) is 6.14. The van der Waals surface area contributed by atoms with Crippen LogP contribution in [0.3, 0.4) is 0 Å². The van der Waals surface area contributed by atoms with E-state index in [1.165, 1.54) is 12.8 Å². The number of nitrogens with zero attached hydrogens (tertiary/aromatic N) is 1. The zero-order chi connectivity index (χ0) is 12.3. The summed E-state index contributed by atoms with van der Waals surface area (Å²) in [4.78, 5) is 11.3. The average molecular weight is 257 g/mol. The molecule has 2 rings (SSSR count). The van der Waals surface area contributed by atoms with Crippen molar-refractivity contribution in [2.75, 3.05) is 11.9 Å². The molecule has 1 saturated carbocycles. The zero-order valence-electron chi connectivity index (χ0n) is 9.58. The van der Waals surface area contributed by atoms with Gasteiger partial charge in [-0.25, -0.2) is 5.10 Å². The molecule has 5 nitrogen and oxygen atoms in total. The first-order valence-electron chi connectivity index (χ1n) is 5.92. The Balaban J connectivity index is 2.13. The lowest BCUT2D eigenvalue weighted by Crippen LogP contribution is -2.37. The van der Waals surface area contributed by atoms with Crippen LogP contribution in [0.15, 0.2) is 11.0 Å². The van der Waals surface area contributed by atoms with Crippen molar-refractivity contribution in [3.05, 3.63) is 21.6 Å². The molecule has 2 atom stereocenters. The molecular formula is C11H17ClN4O. The fourth-order valence-corrected chi connectivity index (χ4v) is 2.51. The number of hydrogen-bond acceptors (Lipinski definition) is 4. The molecule has 4 N–H and O–H groups in total. The summed E-state index contributed by atoms with van der Waals surface area (Å²) in [7, 11) is 0. The molecule has 1 aromatic rings. The SMILES string of the molecule is NCC1CCCCC1Nc1cn[nH]c(=O)c1Cl. The minimum absolute atomic E-state index is 0.168. The lowest BCUT2D eigenvalue weighted by atomic mass is 9.84. The van der Waals surface area contributed by atoms with E-state index in [1.54, 1.807) is 6.20 Å². The highest BCUT2D eigenvalue weighted by atomic mass is 35.5. The molecule has 2 unspecified atom stereocenters. The monoisotopic (exact) mass is 256 g/mol. The van der Waals surface area contributed by atoms with Gasteiger partial charge < -0.3 is 11.1 Å². The van der Waals surface area contributed by atoms with E-state index >= 15 is 0 Å². The molecule has 0 aromatic carbocycles. The minimum atomic E-state index is -0.364. The fraction of sp³-hybridized carbons (Fsp3) is 0.636. The Morgan fingerprint density at radius 2 is 2.29 bits per heavy atom. The molecule has 0 radical (unpaired) electrons. The molecule has 1 aliphatic carbocycles. The number of aromatic amines is 1. The van der Waals surface area contributed by atoms with Crippen LogP contribution in [0, 0.1) is 5.92 Å². The second-order valence-corrected chi connectivity index (χ2v) is 4.84. The molecular weight excluding hydrogens is 240 g/mol. The number of nitrogens with two attached hydrogens (primary N) is 1. The normalized spacial score (nSPS) is 24.6. The topological polar surface area (TPSA) is 83.8 Å². The van der Waals surface area contributed by atoms with Gasteiger partial charge in [0.15, 0.2) is 0 Å². The van der Waals surface area contributed by atoms with Crippen molar-refractivity contribution >= 4 is 17.3 Å². The van der Waals surface area contributed by atoms with Gasteiger partial charge in [0, 0.05) is 6.04 Å². The van der Waals surface area contributed by atoms with E-state index in [0.717, 1.165) is 12.8 Å². The van der Waals surface area contributed by atoms with Gasteiger partial charge >= 0.3 is 0 Å². The Morgan fingerprint density at radius 1 is 1.53 bits per heavy atom. The van der Waals surface area contributed by atoms with E-state index in [-0.39, 0.29) is 16.6 Å². The van der Waals surface area contributed by atoms with Crippen LogP contribution in [-0.2, 0) is 0 Å². The first-order valence-corrected chi connectivity index (χ1v) is 6.30. The molecule has 0 spiro atoms. The van der Waals surface area contributed by atoms with Crippen LogP contribution >= 0.6 is 11.6 Å². The summed E-state index contributed by atoms with van der Waals surface area (Å²) >= 11 is 5.93. The molecule has 6 heteroatoms. The molecule has 0 aliphatic heterocycles. The van der Waals surface area contributed by atoms with Gasteiger partial charge in [0.1, 0.15) is 5.02 Å². The third kappa shape index (κ3) is 2.79. The third-order valence-electron chi connectivity index (χ3n) is 3.35. The van der Waals surface area contributed by atoms with Gasteiger partial charge in [0.2, 0.25) is 0 Å². The van der Waals surface area contributed by atoms with Crippen LogP contribution in [0.1, 0.15) is 25.7 Å². The Bertz CT molecular complexity index is 434. The van der Waals surface area contributed by atoms with Gasteiger partial charge in [-0.15, -0.1) is 0 Å². The van der Waals surface area contributed by atoms with E-state index in [1.807, 2.05) is 0 Å². The summed E-state index contributed by atoms with van der Waals surface area (Å²) in [5, 5.41) is 9.51. The number of H-pyrrole nitrogens is 1.